The maximum absolute atomic E-state index is 13.4. The number of amides is 1. The third kappa shape index (κ3) is 2.02. The highest BCUT2D eigenvalue weighted by molar-refractivity contribution is 6.06. The monoisotopic (exact) mass is 259 g/mol. The van der Waals surface area contributed by atoms with Crippen LogP contribution >= 0.6 is 0 Å². The van der Waals surface area contributed by atoms with Crippen LogP contribution in [0.15, 0.2) is 24.3 Å². The highest BCUT2D eigenvalue weighted by Gasteiger charge is 2.20. The molecule has 0 spiro atoms. The van der Waals surface area contributed by atoms with Gasteiger partial charge in [0.25, 0.3) is 5.91 Å². The summed E-state index contributed by atoms with van der Waals surface area (Å²) in [5.74, 6) is -0.843. The minimum Gasteiger partial charge on any atom is -0.364 e. The number of nitrogens with one attached hydrogen (secondary N) is 2. The zero-order valence-electron chi connectivity index (χ0n) is 10.3. The number of fused-ring (bicyclic) bond motifs is 1. The van der Waals surface area contributed by atoms with Crippen LogP contribution in [0.2, 0.25) is 0 Å². The van der Waals surface area contributed by atoms with E-state index in [1.165, 1.54) is 12.1 Å². The summed E-state index contributed by atoms with van der Waals surface area (Å²) in [5, 5.41) is 3.92. The van der Waals surface area contributed by atoms with Crippen LogP contribution in [0.1, 0.15) is 22.5 Å². The van der Waals surface area contributed by atoms with E-state index in [4.69, 9.17) is 5.73 Å². The van der Waals surface area contributed by atoms with Crippen LogP contribution in [0.3, 0.4) is 0 Å². The predicted molar refractivity (Wildman–Crippen MR) is 72.2 cm³/mol. The molecule has 0 saturated carbocycles. The van der Waals surface area contributed by atoms with Crippen molar-refractivity contribution in [2.24, 2.45) is 5.73 Å². The quantitative estimate of drug-likeness (QED) is 0.769. The summed E-state index contributed by atoms with van der Waals surface area (Å²) in [6.07, 6.45) is 2.81. The van der Waals surface area contributed by atoms with Crippen LogP contribution in [-0.2, 0) is 0 Å². The van der Waals surface area contributed by atoms with Crippen molar-refractivity contribution < 1.29 is 9.18 Å². The Morgan fingerprint density at radius 1 is 1.37 bits per heavy atom. The number of aromatic nitrogens is 1. The maximum Gasteiger partial charge on any atom is 0.265 e. The Morgan fingerprint density at radius 3 is 2.89 bits per heavy atom. The van der Waals surface area contributed by atoms with E-state index in [0.717, 1.165) is 36.2 Å². The standard InChI is InChI=1S/C14H14FN3O/c15-9-1-2-11-10(7-9)12(13(18-11)14(16)19)8-3-5-17-6-4-8/h1-3,7,17-18H,4-6H2,(H2,16,19). The summed E-state index contributed by atoms with van der Waals surface area (Å²) in [7, 11) is 0. The molecule has 3 rings (SSSR count). The molecule has 0 aliphatic carbocycles. The van der Waals surface area contributed by atoms with Gasteiger partial charge in [-0.3, -0.25) is 4.79 Å². The predicted octanol–water partition coefficient (Wildman–Crippen LogP) is 1.78. The molecular weight excluding hydrogens is 245 g/mol. The Balaban J connectivity index is 2.29. The molecule has 1 aromatic heterocycles. The molecule has 5 heteroatoms. The van der Waals surface area contributed by atoms with E-state index in [-0.39, 0.29) is 5.82 Å². The van der Waals surface area contributed by atoms with Crippen LogP contribution in [0.4, 0.5) is 4.39 Å². The van der Waals surface area contributed by atoms with E-state index in [9.17, 15) is 9.18 Å². The molecule has 4 N–H and O–H groups in total. The molecule has 2 aromatic rings. The molecule has 4 nitrogen and oxygen atoms in total. The summed E-state index contributed by atoms with van der Waals surface area (Å²) < 4.78 is 13.4. The van der Waals surface area contributed by atoms with E-state index >= 15 is 0 Å². The number of hydrogen-bond acceptors (Lipinski definition) is 2. The first-order chi connectivity index (χ1) is 9.16. The normalized spacial score (nSPS) is 15.5. The highest BCUT2D eigenvalue weighted by Crippen LogP contribution is 2.31. The second kappa shape index (κ2) is 4.51. The van der Waals surface area contributed by atoms with Gasteiger partial charge in [-0.25, -0.2) is 4.39 Å². The summed E-state index contributed by atoms with van der Waals surface area (Å²) in [6.45, 7) is 1.58. The molecule has 19 heavy (non-hydrogen) atoms. The van der Waals surface area contributed by atoms with Crippen LogP contribution in [0, 0.1) is 5.82 Å². The lowest BCUT2D eigenvalue weighted by Gasteiger charge is -2.14. The number of carbonyl (C=O) groups excluding carboxylic acids is 1. The van der Waals surface area contributed by atoms with Crippen molar-refractivity contribution >= 4 is 22.4 Å². The number of nitrogens with two attached hydrogens (primary N) is 1. The highest BCUT2D eigenvalue weighted by atomic mass is 19.1. The SMILES string of the molecule is NC(=O)c1[nH]c2ccc(F)cc2c1C1=CCNCC1. The lowest BCUT2D eigenvalue weighted by atomic mass is 9.97. The topological polar surface area (TPSA) is 70.9 Å². The minimum atomic E-state index is -0.522. The average Bonchev–Trinajstić information content (AvgIpc) is 2.78. The molecule has 0 saturated heterocycles. The lowest BCUT2D eigenvalue weighted by molar-refractivity contribution is 0.0996. The van der Waals surface area contributed by atoms with Gasteiger partial charge < -0.3 is 16.0 Å². The van der Waals surface area contributed by atoms with Crippen LogP contribution in [0.5, 0.6) is 0 Å². The largest absolute Gasteiger partial charge is 0.364 e. The number of H-pyrrole nitrogens is 1. The fourth-order valence-corrected chi connectivity index (χ4v) is 2.53. The van der Waals surface area contributed by atoms with Crippen LogP contribution < -0.4 is 11.1 Å². The van der Waals surface area contributed by atoms with Gasteiger partial charge in [0.2, 0.25) is 0 Å². The van der Waals surface area contributed by atoms with Crippen molar-refractivity contribution in [2.75, 3.05) is 13.1 Å². The van der Waals surface area contributed by atoms with Gasteiger partial charge in [-0.05, 0) is 36.7 Å². The smallest absolute Gasteiger partial charge is 0.265 e. The van der Waals surface area contributed by atoms with Gasteiger partial charge in [0, 0.05) is 23.0 Å². The number of primary amides is 1. The van der Waals surface area contributed by atoms with Gasteiger partial charge in [0.1, 0.15) is 11.5 Å². The molecular formula is C14H14FN3O. The molecule has 0 unspecified atom stereocenters. The Hall–Kier alpha value is -2.14. The van der Waals surface area contributed by atoms with E-state index < -0.39 is 5.91 Å². The van der Waals surface area contributed by atoms with Crippen molar-refractivity contribution in [1.29, 1.82) is 0 Å². The third-order valence-corrected chi connectivity index (χ3v) is 3.39. The van der Waals surface area contributed by atoms with E-state index in [1.54, 1.807) is 6.07 Å². The number of carbonyl (C=O) groups is 1. The van der Waals surface area contributed by atoms with Crippen LogP contribution in [-0.4, -0.2) is 24.0 Å². The number of aromatic amines is 1. The molecule has 2 heterocycles. The van der Waals surface area contributed by atoms with E-state index in [0.29, 0.717) is 11.1 Å². The maximum atomic E-state index is 13.4. The summed E-state index contributed by atoms with van der Waals surface area (Å²) in [4.78, 5) is 14.6. The zero-order valence-corrected chi connectivity index (χ0v) is 10.3. The molecule has 0 atom stereocenters. The second-order valence-corrected chi connectivity index (χ2v) is 4.61. The van der Waals surface area contributed by atoms with Crippen molar-refractivity contribution in [3.8, 4) is 0 Å². The Labute approximate surface area is 109 Å². The van der Waals surface area contributed by atoms with Crippen molar-refractivity contribution in [3.05, 3.63) is 41.3 Å². The van der Waals surface area contributed by atoms with Crippen molar-refractivity contribution in [1.82, 2.24) is 10.3 Å². The first-order valence-corrected chi connectivity index (χ1v) is 6.18. The molecule has 98 valence electrons. The molecule has 1 aliphatic rings. The van der Waals surface area contributed by atoms with Crippen LogP contribution in [0.25, 0.3) is 16.5 Å². The Bertz CT molecular complexity index is 687. The molecule has 0 radical (unpaired) electrons. The molecule has 0 bridgehead atoms. The number of benzene rings is 1. The van der Waals surface area contributed by atoms with Crippen molar-refractivity contribution in [3.63, 3.8) is 0 Å². The Morgan fingerprint density at radius 2 is 2.21 bits per heavy atom. The van der Waals surface area contributed by atoms with Gasteiger partial charge in [-0.1, -0.05) is 6.08 Å². The third-order valence-electron chi connectivity index (χ3n) is 3.39. The van der Waals surface area contributed by atoms with Gasteiger partial charge in [-0.15, -0.1) is 0 Å². The first kappa shape index (κ1) is 11.9. The number of hydrogen-bond donors (Lipinski definition) is 3. The summed E-state index contributed by atoms with van der Waals surface area (Å²) in [5.41, 5.74) is 8.27. The molecule has 0 fully saturated rings. The zero-order chi connectivity index (χ0) is 13.4. The fraction of sp³-hybridized carbons (Fsp3) is 0.214. The van der Waals surface area contributed by atoms with Gasteiger partial charge in [0.05, 0.1) is 0 Å². The van der Waals surface area contributed by atoms with E-state index in [2.05, 4.69) is 10.3 Å². The van der Waals surface area contributed by atoms with E-state index in [1.807, 2.05) is 6.08 Å². The Kier molecular flexibility index (Phi) is 2.83. The average molecular weight is 259 g/mol. The summed E-state index contributed by atoms with van der Waals surface area (Å²) in [6, 6.07) is 4.43. The van der Waals surface area contributed by atoms with Gasteiger partial charge in [0.15, 0.2) is 0 Å². The van der Waals surface area contributed by atoms with Gasteiger partial charge >= 0.3 is 0 Å². The molecule has 1 aromatic carbocycles. The van der Waals surface area contributed by atoms with Gasteiger partial charge in [-0.2, -0.15) is 0 Å². The first-order valence-electron chi connectivity index (χ1n) is 6.18. The minimum absolute atomic E-state index is 0.321. The number of rotatable bonds is 2. The second-order valence-electron chi connectivity index (χ2n) is 4.61. The summed E-state index contributed by atoms with van der Waals surface area (Å²) >= 11 is 0. The molecule has 1 aliphatic heterocycles. The fourth-order valence-electron chi connectivity index (χ4n) is 2.53. The van der Waals surface area contributed by atoms with Crippen molar-refractivity contribution in [2.45, 2.75) is 6.42 Å². The number of halogens is 1. The lowest BCUT2D eigenvalue weighted by Crippen LogP contribution is -2.21. The molecule has 1 amide bonds.